The van der Waals surface area contributed by atoms with Gasteiger partial charge in [0, 0.05) is 6.54 Å². The normalized spacial score (nSPS) is 11.3. The molecule has 0 saturated carbocycles. The molecule has 0 N–H and O–H groups in total. The Morgan fingerprint density at radius 3 is 2.47 bits per heavy atom. The molecule has 0 spiro atoms. The first-order valence-corrected chi connectivity index (χ1v) is 11.7. The molecule has 176 valence electrons. The van der Waals surface area contributed by atoms with Gasteiger partial charge < -0.3 is 18.8 Å². The van der Waals surface area contributed by atoms with Crippen LogP contribution in [-0.4, -0.2) is 23.3 Å². The SMILES string of the molecule is C/C=C\c1ccc(OCc2nc3ccccc3n2CCCOc2c(C)cccc2C)c(OC)c1. The van der Waals surface area contributed by atoms with Crippen LogP contribution >= 0.6 is 0 Å². The number of ether oxygens (including phenoxy) is 3. The van der Waals surface area contributed by atoms with Gasteiger partial charge in [-0.15, -0.1) is 0 Å². The van der Waals surface area contributed by atoms with Gasteiger partial charge in [-0.05, 0) is 68.1 Å². The number of imidazole rings is 1. The van der Waals surface area contributed by atoms with Gasteiger partial charge in [0.25, 0.3) is 0 Å². The van der Waals surface area contributed by atoms with E-state index in [0.717, 1.165) is 52.3 Å². The van der Waals surface area contributed by atoms with Crippen LogP contribution in [0.25, 0.3) is 17.1 Å². The van der Waals surface area contributed by atoms with E-state index >= 15 is 0 Å². The maximum atomic E-state index is 6.16. The number of fused-ring (bicyclic) bond motifs is 1. The molecular formula is C29H32N2O3. The lowest BCUT2D eigenvalue weighted by Gasteiger charge is -2.14. The van der Waals surface area contributed by atoms with Crippen LogP contribution in [-0.2, 0) is 13.2 Å². The van der Waals surface area contributed by atoms with Crippen molar-refractivity contribution >= 4 is 17.1 Å². The van der Waals surface area contributed by atoms with Crippen molar-refractivity contribution in [3.8, 4) is 17.2 Å². The van der Waals surface area contributed by atoms with Gasteiger partial charge in [0.2, 0.25) is 0 Å². The van der Waals surface area contributed by atoms with E-state index in [4.69, 9.17) is 19.2 Å². The Hall–Kier alpha value is -3.73. The van der Waals surface area contributed by atoms with E-state index < -0.39 is 0 Å². The number of hydrogen-bond acceptors (Lipinski definition) is 4. The van der Waals surface area contributed by atoms with Crippen LogP contribution in [0.4, 0.5) is 0 Å². The van der Waals surface area contributed by atoms with E-state index in [1.165, 1.54) is 0 Å². The predicted molar refractivity (Wildman–Crippen MR) is 138 cm³/mol. The molecule has 4 aromatic rings. The second kappa shape index (κ2) is 10.9. The van der Waals surface area contributed by atoms with Crippen molar-refractivity contribution in [1.82, 2.24) is 9.55 Å². The Bertz CT molecular complexity index is 1270. The van der Waals surface area contributed by atoms with Crippen LogP contribution in [0.5, 0.6) is 17.2 Å². The fraction of sp³-hybridized carbons (Fsp3) is 0.276. The average molecular weight is 457 g/mol. The molecule has 5 nitrogen and oxygen atoms in total. The van der Waals surface area contributed by atoms with Gasteiger partial charge in [0.1, 0.15) is 18.2 Å². The van der Waals surface area contributed by atoms with Gasteiger partial charge in [0.05, 0.1) is 24.8 Å². The van der Waals surface area contributed by atoms with Crippen molar-refractivity contribution in [2.75, 3.05) is 13.7 Å². The molecule has 0 aliphatic heterocycles. The minimum atomic E-state index is 0.353. The van der Waals surface area contributed by atoms with E-state index in [1.807, 2.05) is 55.5 Å². The number of benzene rings is 3. The Morgan fingerprint density at radius 2 is 1.71 bits per heavy atom. The van der Waals surface area contributed by atoms with Crippen LogP contribution in [0.3, 0.4) is 0 Å². The van der Waals surface area contributed by atoms with E-state index in [1.54, 1.807) is 7.11 Å². The van der Waals surface area contributed by atoms with Crippen LogP contribution in [0.15, 0.2) is 66.7 Å². The molecule has 1 heterocycles. The average Bonchev–Trinajstić information content (AvgIpc) is 3.20. The second-order valence-corrected chi connectivity index (χ2v) is 8.29. The van der Waals surface area contributed by atoms with Crippen LogP contribution in [0.1, 0.15) is 35.9 Å². The first kappa shape index (κ1) is 23.4. The Kier molecular flexibility index (Phi) is 7.53. The standard InChI is InChI=1S/C29H32N2O3/c1-5-10-23-15-16-26(27(19-23)32-4)34-20-28-30-24-13-6-7-14-25(24)31(28)17-9-18-33-29-21(2)11-8-12-22(29)3/h5-8,10-16,19H,9,17-18,20H2,1-4H3/b10-5-. The van der Waals surface area contributed by atoms with Crippen molar-refractivity contribution in [3.05, 3.63) is 89.3 Å². The summed E-state index contributed by atoms with van der Waals surface area (Å²) in [5.74, 6) is 3.27. The van der Waals surface area contributed by atoms with Crippen LogP contribution in [0.2, 0.25) is 0 Å². The third kappa shape index (κ3) is 5.25. The van der Waals surface area contributed by atoms with E-state index in [0.29, 0.717) is 24.7 Å². The van der Waals surface area contributed by atoms with Gasteiger partial charge in [-0.1, -0.05) is 48.6 Å². The number of aryl methyl sites for hydroxylation is 3. The van der Waals surface area contributed by atoms with Crippen molar-refractivity contribution in [2.45, 2.75) is 40.3 Å². The van der Waals surface area contributed by atoms with Gasteiger partial charge in [-0.3, -0.25) is 0 Å². The number of hydrogen-bond donors (Lipinski definition) is 0. The number of aromatic nitrogens is 2. The molecule has 0 amide bonds. The Labute approximate surface area is 201 Å². The second-order valence-electron chi connectivity index (χ2n) is 8.29. The highest BCUT2D eigenvalue weighted by Gasteiger charge is 2.13. The smallest absolute Gasteiger partial charge is 0.161 e. The molecular weight excluding hydrogens is 424 g/mol. The minimum Gasteiger partial charge on any atom is -0.493 e. The molecule has 4 rings (SSSR count). The molecule has 1 aromatic heterocycles. The Balaban J connectivity index is 1.48. The lowest BCUT2D eigenvalue weighted by Crippen LogP contribution is -2.11. The summed E-state index contributed by atoms with van der Waals surface area (Å²) < 4.78 is 20.1. The van der Waals surface area contributed by atoms with Crippen molar-refractivity contribution in [2.24, 2.45) is 0 Å². The monoisotopic (exact) mass is 456 g/mol. The largest absolute Gasteiger partial charge is 0.493 e. The van der Waals surface area contributed by atoms with Crippen molar-refractivity contribution in [3.63, 3.8) is 0 Å². The topological polar surface area (TPSA) is 45.5 Å². The van der Waals surface area contributed by atoms with Crippen molar-refractivity contribution in [1.29, 1.82) is 0 Å². The number of methoxy groups -OCH3 is 1. The van der Waals surface area contributed by atoms with E-state index in [-0.39, 0.29) is 0 Å². The Morgan fingerprint density at radius 1 is 0.912 bits per heavy atom. The zero-order valence-electron chi connectivity index (χ0n) is 20.4. The highest BCUT2D eigenvalue weighted by Crippen LogP contribution is 2.30. The summed E-state index contributed by atoms with van der Waals surface area (Å²) in [6, 6.07) is 20.4. The summed E-state index contributed by atoms with van der Waals surface area (Å²) in [4.78, 5) is 4.84. The molecule has 34 heavy (non-hydrogen) atoms. The fourth-order valence-corrected chi connectivity index (χ4v) is 4.15. The maximum Gasteiger partial charge on any atom is 0.161 e. The fourth-order valence-electron chi connectivity index (χ4n) is 4.15. The zero-order chi connectivity index (χ0) is 23.9. The van der Waals surface area contributed by atoms with Gasteiger partial charge in [-0.25, -0.2) is 4.98 Å². The molecule has 0 unspecified atom stereocenters. The molecule has 0 fully saturated rings. The van der Waals surface area contributed by atoms with Gasteiger partial charge >= 0.3 is 0 Å². The predicted octanol–water partition coefficient (Wildman–Crippen LogP) is 6.74. The summed E-state index contributed by atoms with van der Waals surface area (Å²) in [5.41, 5.74) is 5.46. The number of para-hydroxylation sites is 3. The summed E-state index contributed by atoms with van der Waals surface area (Å²) in [6.07, 6.45) is 4.90. The van der Waals surface area contributed by atoms with Crippen LogP contribution in [0, 0.1) is 13.8 Å². The number of rotatable bonds is 10. The number of allylic oxidation sites excluding steroid dienone is 1. The zero-order valence-corrected chi connectivity index (χ0v) is 20.4. The first-order valence-electron chi connectivity index (χ1n) is 11.7. The minimum absolute atomic E-state index is 0.353. The number of nitrogens with zero attached hydrogens (tertiary/aromatic N) is 2. The van der Waals surface area contributed by atoms with Crippen molar-refractivity contribution < 1.29 is 14.2 Å². The van der Waals surface area contributed by atoms with E-state index in [9.17, 15) is 0 Å². The molecule has 3 aromatic carbocycles. The molecule has 0 atom stereocenters. The van der Waals surface area contributed by atoms with Gasteiger partial charge in [-0.2, -0.15) is 0 Å². The quantitative estimate of drug-likeness (QED) is 0.248. The lowest BCUT2D eigenvalue weighted by molar-refractivity contribution is 0.267. The molecule has 0 radical (unpaired) electrons. The highest BCUT2D eigenvalue weighted by molar-refractivity contribution is 5.75. The third-order valence-corrected chi connectivity index (χ3v) is 5.82. The summed E-state index contributed by atoms with van der Waals surface area (Å²) in [6.45, 7) is 7.95. The lowest BCUT2D eigenvalue weighted by atomic mass is 10.1. The third-order valence-electron chi connectivity index (χ3n) is 5.82. The molecule has 0 aliphatic carbocycles. The molecule has 0 bridgehead atoms. The first-order chi connectivity index (χ1) is 16.6. The van der Waals surface area contributed by atoms with E-state index in [2.05, 4.69) is 42.7 Å². The highest BCUT2D eigenvalue weighted by atomic mass is 16.5. The summed E-state index contributed by atoms with van der Waals surface area (Å²) in [5, 5.41) is 0. The maximum absolute atomic E-state index is 6.16. The summed E-state index contributed by atoms with van der Waals surface area (Å²) >= 11 is 0. The van der Waals surface area contributed by atoms with Crippen LogP contribution < -0.4 is 14.2 Å². The summed E-state index contributed by atoms with van der Waals surface area (Å²) in [7, 11) is 1.66. The molecule has 0 aliphatic rings. The molecule has 0 saturated heterocycles. The van der Waals surface area contributed by atoms with Gasteiger partial charge in [0.15, 0.2) is 11.5 Å². The molecule has 5 heteroatoms.